The van der Waals surface area contributed by atoms with Gasteiger partial charge in [-0.3, -0.25) is 0 Å². The molecule has 1 aromatic carbocycles. The number of anilines is 2. The Balaban J connectivity index is 2.15. The van der Waals surface area contributed by atoms with E-state index in [0.29, 0.717) is 17.6 Å². The van der Waals surface area contributed by atoms with E-state index in [2.05, 4.69) is 19.2 Å². The molecular weight excluding hydrogens is 272 g/mol. The highest BCUT2D eigenvalue weighted by atomic mass is 32.2. The normalized spacial score (nSPS) is 26.6. The third-order valence-electron chi connectivity index (χ3n) is 4.54. The first-order chi connectivity index (χ1) is 9.32. The van der Waals surface area contributed by atoms with Gasteiger partial charge in [-0.05, 0) is 42.9 Å². The Morgan fingerprint density at radius 1 is 1.35 bits per heavy atom. The number of benzene rings is 1. The second-order valence-electron chi connectivity index (χ2n) is 5.88. The molecule has 20 heavy (non-hydrogen) atoms. The molecule has 1 saturated carbocycles. The highest BCUT2D eigenvalue weighted by Gasteiger charge is 2.31. The monoisotopic (exact) mass is 296 g/mol. The van der Waals surface area contributed by atoms with Gasteiger partial charge < -0.3 is 11.1 Å². The summed E-state index contributed by atoms with van der Waals surface area (Å²) in [5, 5.41) is 3.48. The highest BCUT2D eigenvalue weighted by Crippen LogP contribution is 2.36. The minimum atomic E-state index is -3.20. The summed E-state index contributed by atoms with van der Waals surface area (Å²) in [6, 6.07) is 5.35. The molecule has 2 rings (SSSR count). The van der Waals surface area contributed by atoms with Crippen LogP contribution in [-0.4, -0.2) is 20.7 Å². The van der Waals surface area contributed by atoms with Gasteiger partial charge in [-0.1, -0.05) is 20.3 Å². The zero-order valence-corrected chi connectivity index (χ0v) is 13.2. The van der Waals surface area contributed by atoms with Crippen LogP contribution in [0.5, 0.6) is 0 Å². The van der Waals surface area contributed by atoms with Gasteiger partial charge in [0.05, 0.1) is 16.3 Å². The molecule has 0 amide bonds. The predicted molar refractivity (Wildman–Crippen MR) is 83.6 cm³/mol. The van der Waals surface area contributed by atoms with E-state index in [1.165, 1.54) is 25.2 Å². The van der Waals surface area contributed by atoms with Crippen LogP contribution in [0.3, 0.4) is 0 Å². The molecule has 0 radical (unpaired) electrons. The molecule has 0 aromatic heterocycles. The molecule has 1 aliphatic carbocycles. The van der Waals surface area contributed by atoms with Crippen molar-refractivity contribution in [3.63, 3.8) is 0 Å². The Kier molecular flexibility index (Phi) is 4.28. The smallest absolute Gasteiger partial charge is 0.175 e. The lowest BCUT2D eigenvalue weighted by Gasteiger charge is -2.23. The molecule has 3 unspecified atom stereocenters. The lowest BCUT2D eigenvalue weighted by atomic mass is 9.93. The number of rotatable bonds is 4. The molecule has 1 aliphatic rings. The van der Waals surface area contributed by atoms with Crippen molar-refractivity contribution in [3.8, 4) is 0 Å². The summed E-state index contributed by atoms with van der Waals surface area (Å²) in [5.74, 6) is 1.39. The number of nitrogen functional groups attached to an aromatic ring is 1. The third kappa shape index (κ3) is 3.08. The molecule has 1 fully saturated rings. The van der Waals surface area contributed by atoms with Crippen molar-refractivity contribution >= 4 is 21.2 Å². The molecule has 0 bridgehead atoms. The van der Waals surface area contributed by atoms with Crippen LogP contribution in [0.2, 0.25) is 0 Å². The SMILES string of the molecule is CCC1CCC(Nc2ccc(S(C)(=O)=O)cc2N)C1C. The van der Waals surface area contributed by atoms with E-state index < -0.39 is 9.84 Å². The van der Waals surface area contributed by atoms with Gasteiger partial charge in [0.1, 0.15) is 0 Å². The maximum absolute atomic E-state index is 11.5. The Labute approximate surface area is 121 Å². The fraction of sp³-hybridized carbons (Fsp3) is 0.600. The molecule has 1 aromatic rings. The van der Waals surface area contributed by atoms with Gasteiger partial charge >= 0.3 is 0 Å². The molecule has 0 aliphatic heterocycles. The Hall–Kier alpha value is -1.23. The molecule has 3 N–H and O–H groups in total. The maximum atomic E-state index is 11.5. The molecule has 4 nitrogen and oxygen atoms in total. The van der Waals surface area contributed by atoms with Crippen LogP contribution in [0.15, 0.2) is 23.1 Å². The first-order valence-electron chi connectivity index (χ1n) is 7.19. The zero-order valence-electron chi connectivity index (χ0n) is 12.4. The fourth-order valence-electron chi connectivity index (χ4n) is 3.13. The van der Waals surface area contributed by atoms with Crippen LogP contribution < -0.4 is 11.1 Å². The molecular formula is C15H24N2O2S. The summed E-state index contributed by atoms with van der Waals surface area (Å²) < 4.78 is 23.0. The molecule has 0 spiro atoms. The van der Waals surface area contributed by atoms with Gasteiger partial charge in [0, 0.05) is 12.3 Å². The lowest BCUT2D eigenvalue weighted by molar-refractivity contribution is 0.392. The van der Waals surface area contributed by atoms with E-state index in [1.54, 1.807) is 12.1 Å². The van der Waals surface area contributed by atoms with Gasteiger partial charge in [-0.15, -0.1) is 0 Å². The van der Waals surface area contributed by atoms with Crippen LogP contribution in [0.1, 0.15) is 33.1 Å². The first-order valence-corrected chi connectivity index (χ1v) is 9.08. The number of nitrogens with one attached hydrogen (secondary N) is 1. The predicted octanol–water partition coefficient (Wildman–Crippen LogP) is 2.91. The average Bonchev–Trinajstić information content (AvgIpc) is 2.71. The van der Waals surface area contributed by atoms with Crippen molar-refractivity contribution < 1.29 is 8.42 Å². The van der Waals surface area contributed by atoms with Crippen LogP contribution in [0.25, 0.3) is 0 Å². The summed E-state index contributed by atoms with van der Waals surface area (Å²) in [6.07, 6.45) is 4.80. The third-order valence-corrected chi connectivity index (χ3v) is 5.65. The summed E-state index contributed by atoms with van der Waals surface area (Å²) in [5.41, 5.74) is 7.32. The molecule has 0 heterocycles. The number of hydrogen-bond donors (Lipinski definition) is 2. The number of nitrogens with two attached hydrogens (primary N) is 1. The Bertz CT molecular complexity index is 584. The van der Waals surface area contributed by atoms with Gasteiger partial charge in [0.15, 0.2) is 9.84 Å². The molecule has 0 saturated heterocycles. The Morgan fingerprint density at radius 3 is 2.55 bits per heavy atom. The van der Waals surface area contributed by atoms with Gasteiger partial charge in [-0.25, -0.2) is 8.42 Å². The summed E-state index contributed by atoms with van der Waals surface area (Å²) in [6.45, 7) is 4.51. The van der Waals surface area contributed by atoms with Crippen molar-refractivity contribution in [3.05, 3.63) is 18.2 Å². The van der Waals surface area contributed by atoms with Crippen LogP contribution in [-0.2, 0) is 9.84 Å². The topological polar surface area (TPSA) is 72.2 Å². The summed E-state index contributed by atoms with van der Waals surface area (Å²) in [4.78, 5) is 0.270. The van der Waals surface area contributed by atoms with Crippen LogP contribution in [0, 0.1) is 11.8 Å². The van der Waals surface area contributed by atoms with E-state index in [9.17, 15) is 8.42 Å². The van der Waals surface area contributed by atoms with Crippen molar-refractivity contribution in [2.45, 2.75) is 44.0 Å². The first kappa shape index (κ1) is 15.2. The van der Waals surface area contributed by atoms with Gasteiger partial charge in [0.25, 0.3) is 0 Å². The van der Waals surface area contributed by atoms with Crippen molar-refractivity contribution in [2.75, 3.05) is 17.3 Å². The average molecular weight is 296 g/mol. The van der Waals surface area contributed by atoms with Crippen molar-refractivity contribution in [1.29, 1.82) is 0 Å². The minimum Gasteiger partial charge on any atom is -0.397 e. The van der Waals surface area contributed by atoms with E-state index in [-0.39, 0.29) is 4.90 Å². The lowest BCUT2D eigenvalue weighted by Crippen LogP contribution is -2.25. The van der Waals surface area contributed by atoms with Crippen molar-refractivity contribution in [2.24, 2.45) is 11.8 Å². The van der Waals surface area contributed by atoms with Crippen LogP contribution >= 0.6 is 0 Å². The molecule has 112 valence electrons. The fourth-order valence-corrected chi connectivity index (χ4v) is 3.79. The van der Waals surface area contributed by atoms with Gasteiger partial charge in [-0.2, -0.15) is 0 Å². The summed E-state index contributed by atoms with van der Waals surface area (Å²) in [7, 11) is -3.20. The largest absolute Gasteiger partial charge is 0.397 e. The van der Waals surface area contributed by atoms with E-state index in [0.717, 1.165) is 18.0 Å². The van der Waals surface area contributed by atoms with E-state index >= 15 is 0 Å². The van der Waals surface area contributed by atoms with Gasteiger partial charge in [0.2, 0.25) is 0 Å². The standard InChI is InChI=1S/C15H24N2O2S/c1-4-11-5-7-14(10(11)2)17-15-8-6-12(9-13(15)16)20(3,18)19/h6,8-11,14,17H,4-5,7,16H2,1-3H3. The van der Waals surface area contributed by atoms with Crippen molar-refractivity contribution in [1.82, 2.24) is 0 Å². The molecule has 3 atom stereocenters. The maximum Gasteiger partial charge on any atom is 0.175 e. The Morgan fingerprint density at radius 2 is 2.05 bits per heavy atom. The second kappa shape index (κ2) is 5.64. The van der Waals surface area contributed by atoms with E-state index in [1.807, 2.05) is 0 Å². The summed E-state index contributed by atoms with van der Waals surface area (Å²) >= 11 is 0. The number of hydrogen-bond acceptors (Lipinski definition) is 4. The number of sulfone groups is 1. The van der Waals surface area contributed by atoms with E-state index in [4.69, 9.17) is 5.73 Å². The minimum absolute atomic E-state index is 0.270. The zero-order chi connectivity index (χ0) is 14.9. The molecule has 5 heteroatoms. The highest BCUT2D eigenvalue weighted by molar-refractivity contribution is 7.90. The van der Waals surface area contributed by atoms with Crippen LogP contribution in [0.4, 0.5) is 11.4 Å². The quantitative estimate of drug-likeness (QED) is 0.838. The second-order valence-corrected chi connectivity index (χ2v) is 7.89.